The lowest BCUT2D eigenvalue weighted by Crippen LogP contribution is -2.12. The molecule has 1 aliphatic rings. The van der Waals surface area contributed by atoms with Gasteiger partial charge in [-0.05, 0) is 31.2 Å². The summed E-state index contributed by atoms with van der Waals surface area (Å²) in [5, 5.41) is 7.66. The van der Waals surface area contributed by atoms with Crippen molar-refractivity contribution in [2.24, 2.45) is 7.05 Å². The Bertz CT molecular complexity index is 1210. The number of furan rings is 1. The second kappa shape index (κ2) is 6.73. The van der Waals surface area contributed by atoms with E-state index in [-0.39, 0.29) is 12.2 Å². The van der Waals surface area contributed by atoms with Crippen LogP contribution < -0.4 is 10.1 Å². The molecule has 0 aliphatic carbocycles. The molecule has 5 rings (SSSR count). The fourth-order valence-electron chi connectivity index (χ4n) is 2.96. The number of hydrogen-bond donors (Lipinski definition) is 1. The van der Waals surface area contributed by atoms with Crippen molar-refractivity contribution < 1.29 is 23.7 Å². The molecule has 4 aromatic rings. The van der Waals surface area contributed by atoms with Crippen LogP contribution in [-0.4, -0.2) is 20.7 Å². The van der Waals surface area contributed by atoms with Crippen LogP contribution in [0.5, 0.6) is 11.6 Å². The number of carbonyl (C=O) groups excluding carboxylic acids is 1. The Balaban J connectivity index is 1.47. The molecule has 29 heavy (non-hydrogen) atoms. The number of anilines is 1. The summed E-state index contributed by atoms with van der Waals surface area (Å²) >= 11 is 0. The van der Waals surface area contributed by atoms with Gasteiger partial charge in [0.2, 0.25) is 5.88 Å². The number of aromatic nitrogens is 3. The van der Waals surface area contributed by atoms with Gasteiger partial charge in [0.1, 0.15) is 17.1 Å². The van der Waals surface area contributed by atoms with Crippen molar-refractivity contribution in [3.8, 4) is 11.6 Å². The van der Waals surface area contributed by atoms with E-state index in [1.807, 2.05) is 13.0 Å². The summed E-state index contributed by atoms with van der Waals surface area (Å²) in [5.74, 6) is 1.67. The van der Waals surface area contributed by atoms with Crippen LogP contribution in [0.3, 0.4) is 0 Å². The van der Waals surface area contributed by atoms with Crippen molar-refractivity contribution in [3.63, 3.8) is 0 Å². The third-order valence-electron chi connectivity index (χ3n) is 4.38. The van der Waals surface area contributed by atoms with Crippen LogP contribution in [0, 0.1) is 6.92 Å². The quantitative estimate of drug-likeness (QED) is 0.406. The van der Waals surface area contributed by atoms with Crippen LogP contribution >= 0.6 is 0 Å². The van der Waals surface area contributed by atoms with Gasteiger partial charge in [0.15, 0.2) is 5.82 Å². The molecule has 3 aromatic heterocycles. The summed E-state index contributed by atoms with van der Waals surface area (Å²) < 4.78 is 13.3. The van der Waals surface area contributed by atoms with Crippen LogP contribution in [0.1, 0.15) is 28.0 Å². The van der Waals surface area contributed by atoms with E-state index >= 15 is 0 Å². The number of aryl methyl sites for hydroxylation is 2. The zero-order valence-corrected chi connectivity index (χ0v) is 15.6. The molecule has 1 aliphatic heterocycles. The molecular weight excluding hydrogens is 376 g/mol. The van der Waals surface area contributed by atoms with E-state index in [1.54, 1.807) is 54.5 Å². The topological polar surface area (TPSA) is 107 Å². The second-order valence-electron chi connectivity index (χ2n) is 6.63. The normalized spacial score (nSPS) is 13.6. The van der Waals surface area contributed by atoms with Gasteiger partial charge in [0.25, 0.3) is 12.2 Å². The molecule has 0 unspecified atom stereocenters. The lowest BCUT2D eigenvalue weighted by molar-refractivity contribution is 0.0850. The molecule has 0 atom stereocenters. The van der Waals surface area contributed by atoms with Crippen LogP contribution in [0.25, 0.3) is 11.0 Å². The Kier molecular flexibility index (Phi) is 4.04. The monoisotopic (exact) mass is 392 g/mol. The van der Waals surface area contributed by atoms with E-state index < -0.39 is 0 Å². The molecule has 4 heterocycles. The van der Waals surface area contributed by atoms with E-state index in [4.69, 9.17) is 18.9 Å². The van der Waals surface area contributed by atoms with Gasteiger partial charge in [-0.25, -0.2) is 4.98 Å². The van der Waals surface area contributed by atoms with Crippen LogP contribution in [-0.2, 0) is 16.8 Å². The minimum atomic E-state index is -0.363. The minimum absolute atomic E-state index is 0.323. The first-order valence-electron chi connectivity index (χ1n) is 8.86. The lowest BCUT2D eigenvalue weighted by Gasteiger charge is -2.09. The number of pyridine rings is 1. The number of nitrogens with one attached hydrogen (secondary N) is 1. The fraction of sp³-hybridized carbons (Fsp3) is 0.150. The van der Waals surface area contributed by atoms with Gasteiger partial charge in [-0.1, -0.05) is 0 Å². The molecule has 0 bridgehead atoms. The SMILES string of the molecule is Cc1cc2c(Oc3ccc(C4OO4)cn3)cc(C(=O)Nc3ccn(C)n3)cc2o1. The molecule has 1 saturated heterocycles. The molecule has 0 radical (unpaired) electrons. The summed E-state index contributed by atoms with van der Waals surface area (Å²) in [5.41, 5.74) is 1.72. The lowest BCUT2D eigenvalue weighted by atomic mass is 10.1. The van der Waals surface area contributed by atoms with Crippen LogP contribution in [0.15, 0.2) is 53.2 Å². The number of benzene rings is 1. The molecule has 9 nitrogen and oxygen atoms in total. The summed E-state index contributed by atoms with van der Waals surface area (Å²) in [6.07, 6.45) is 3.00. The first-order valence-corrected chi connectivity index (χ1v) is 8.86. The molecular formula is C20H16N4O5. The predicted molar refractivity (Wildman–Crippen MR) is 101 cm³/mol. The van der Waals surface area contributed by atoms with Gasteiger partial charge in [0, 0.05) is 42.7 Å². The highest BCUT2D eigenvalue weighted by atomic mass is 17.4. The van der Waals surface area contributed by atoms with Gasteiger partial charge in [-0.3, -0.25) is 9.48 Å². The zero-order valence-electron chi connectivity index (χ0n) is 15.6. The summed E-state index contributed by atoms with van der Waals surface area (Å²) in [6.45, 7) is 1.83. The van der Waals surface area contributed by atoms with E-state index in [2.05, 4.69) is 15.4 Å². The van der Waals surface area contributed by atoms with Crippen molar-refractivity contribution in [1.29, 1.82) is 0 Å². The third kappa shape index (κ3) is 3.56. The van der Waals surface area contributed by atoms with E-state index in [0.717, 1.165) is 10.9 Å². The number of amides is 1. The largest absolute Gasteiger partial charge is 0.461 e. The molecule has 1 aromatic carbocycles. The number of nitrogens with zero attached hydrogens (tertiary/aromatic N) is 3. The second-order valence-corrected chi connectivity index (χ2v) is 6.63. The highest BCUT2D eigenvalue weighted by Gasteiger charge is 2.28. The van der Waals surface area contributed by atoms with Crippen molar-refractivity contribution in [3.05, 3.63) is 65.7 Å². The number of ether oxygens (including phenoxy) is 1. The van der Waals surface area contributed by atoms with E-state index in [0.29, 0.717) is 34.4 Å². The molecule has 0 saturated carbocycles. The Morgan fingerprint density at radius 2 is 2.07 bits per heavy atom. The van der Waals surface area contributed by atoms with Crippen molar-refractivity contribution in [2.75, 3.05) is 5.32 Å². The summed E-state index contributed by atoms with van der Waals surface area (Å²) in [6, 6.07) is 10.4. The van der Waals surface area contributed by atoms with Crippen molar-refractivity contribution >= 4 is 22.7 Å². The van der Waals surface area contributed by atoms with Crippen molar-refractivity contribution in [2.45, 2.75) is 13.2 Å². The molecule has 1 N–H and O–H groups in total. The highest BCUT2D eigenvalue weighted by molar-refractivity contribution is 6.06. The minimum Gasteiger partial charge on any atom is -0.461 e. The standard InChI is InChI=1S/C20H16N4O5/c1-11-7-14-15(26-11)8-13(19(25)22-17-5-6-24(2)23-17)9-16(14)27-18-4-3-12(10-21-18)20-28-29-20/h3-10,20H,1-2H3,(H,22,23,25). The fourth-order valence-corrected chi connectivity index (χ4v) is 2.96. The number of rotatable bonds is 5. The van der Waals surface area contributed by atoms with Crippen molar-refractivity contribution in [1.82, 2.24) is 14.8 Å². The zero-order chi connectivity index (χ0) is 20.0. The molecule has 0 spiro atoms. The first-order chi connectivity index (χ1) is 14.0. The maximum absolute atomic E-state index is 12.7. The maximum Gasteiger partial charge on any atom is 0.257 e. The Hall–Kier alpha value is -3.69. The average Bonchev–Trinajstić information content (AvgIpc) is 3.36. The van der Waals surface area contributed by atoms with E-state index in [1.165, 1.54) is 0 Å². The smallest absolute Gasteiger partial charge is 0.257 e. The third-order valence-corrected chi connectivity index (χ3v) is 4.38. The maximum atomic E-state index is 12.7. The predicted octanol–water partition coefficient (Wildman–Crippen LogP) is 3.87. The molecule has 1 fully saturated rings. The number of fused-ring (bicyclic) bond motifs is 1. The van der Waals surface area contributed by atoms with Gasteiger partial charge >= 0.3 is 0 Å². The van der Waals surface area contributed by atoms with Gasteiger partial charge in [-0.15, -0.1) is 0 Å². The Morgan fingerprint density at radius 3 is 2.76 bits per heavy atom. The average molecular weight is 392 g/mol. The van der Waals surface area contributed by atoms with Crippen LogP contribution in [0.4, 0.5) is 5.82 Å². The van der Waals surface area contributed by atoms with E-state index in [9.17, 15) is 4.79 Å². The first kappa shape index (κ1) is 17.4. The van der Waals surface area contributed by atoms with Crippen LogP contribution in [0.2, 0.25) is 0 Å². The number of hydrogen-bond acceptors (Lipinski definition) is 7. The Labute approximate surface area is 164 Å². The number of carbonyl (C=O) groups is 1. The van der Waals surface area contributed by atoms with Gasteiger partial charge in [0.05, 0.1) is 5.39 Å². The highest BCUT2D eigenvalue weighted by Crippen LogP contribution is 2.35. The summed E-state index contributed by atoms with van der Waals surface area (Å²) in [4.78, 5) is 26.5. The molecule has 1 amide bonds. The van der Waals surface area contributed by atoms with Gasteiger partial charge in [-0.2, -0.15) is 14.9 Å². The molecule has 146 valence electrons. The molecule has 9 heteroatoms. The van der Waals surface area contributed by atoms with Gasteiger partial charge < -0.3 is 14.5 Å². The summed E-state index contributed by atoms with van der Waals surface area (Å²) in [7, 11) is 1.78. The Morgan fingerprint density at radius 1 is 1.21 bits per heavy atom.